The highest BCUT2D eigenvalue weighted by atomic mass is 16.5. The van der Waals surface area contributed by atoms with Crippen LogP contribution in [0.4, 0.5) is 0 Å². The summed E-state index contributed by atoms with van der Waals surface area (Å²) in [6.07, 6.45) is 1.83. The SMILES string of the molecule is CC1NC(=O)C(C)N(C2(C)CCCOC2)C1=O. The van der Waals surface area contributed by atoms with Crippen LogP contribution in [0.15, 0.2) is 0 Å². The van der Waals surface area contributed by atoms with Gasteiger partial charge in [-0.1, -0.05) is 0 Å². The number of carbonyl (C=O) groups excluding carboxylic acids is 2. The van der Waals surface area contributed by atoms with Gasteiger partial charge in [-0.05, 0) is 33.6 Å². The van der Waals surface area contributed by atoms with Crippen LogP contribution in [0, 0.1) is 0 Å². The van der Waals surface area contributed by atoms with Gasteiger partial charge in [-0.25, -0.2) is 0 Å². The van der Waals surface area contributed by atoms with Gasteiger partial charge in [0.2, 0.25) is 11.8 Å². The van der Waals surface area contributed by atoms with Crippen LogP contribution in [0.5, 0.6) is 0 Å². The summed E-state index contributed by atoms with van der Waals surface area (Å²) >= 11 is 0. The molecular formula is C12H20N2O3. The van der Waals surface area contributed by atoms with Crippen LogP contribution in [0.25, 0.3) is 0 Å². The Morgan fingerprint density at radius 3 is 2.71 bits per heavy atom. The van der Waals surface area contributed by atoms with Crippen LogP contribution in [0.3, 0.4) is 0 Å². The molecule has 0 saturated carbocycles. The van der Waals surface area contributed by atoms with Gasteiger partial charge >= 0.3 is 0 Å². The Kier molecular flexibility index (Phi) is 3.12. The molecule has 0 aromatic carbocycles. The van der Waals surface area contributed by atoms with E-state index in [9.17, 15) is 9.59 Å². The molecule has 0 aromatic rings. The maximum absolute atomic E-state index is 12.2. The topological polar surface area (TPSA) is 58.6 Å². The van der Waals surface area contributed by atoms with Crippen LogP contribution in [0.2, 0.25) is 0 Å². The van der Waals surface area contributed by atoms with Crippen LogP contribution in [-0.4, -0.2) is 47.6 Å². The summed E-state index contributed by atoms with van der Waals surface area (Å²) in [6.45, 7) is 6.77. The summed E-state index contributed by atoms with van der Waals surface area (Å²) in [7, 11) is 0. The van der Waals surface area contributed by atoms with Crippen molar-refractivity contribution in [2.24, 2.45) is 0 Å². The zero-order valence-electron chi connectivity index (χ0n) is 10.7. The zero-order chi connectivity index (χ0) is 12.6. The van der Waals surface area contributed by atoms with E-state index in [1.165, 1.54) is 0 Å². The monoisotopic (exact) mass is 240 g/mol. The first-order chi connectivity index (χ1) is 7.96. The smallest absolute Gasteiger partial charge is 0.246 e. The van der Waals surface area contributed by atoms with Gasteiger partial charge in [-0.2, -0.15) is 0 Å². The first-order valence-corrected chi connectivity index (χ1v) is 6.17. The maximum atomic E-state index is 12.2. The number of piperazine rings is 1. The molecule has 2 rings (SSSR count). The summed E-state index contributed by atoms with van der Waals surface area (Å²) in [4.78, 5) is 25.8. The minimum absolute atomic E-state index is 0.00917. The lowest BCUT2D eigenvalue weighted by atomic mass is 9.89. The number of hydrogen-bond donors (Lipinski definition) is 1. The van der Waals surface area contributed by atoms with Crippen molar-refractivity contribution in [2.75, 3.05) is 13.2 Å². The molecule has 0 spiro atoms. The molecule has 2 amide bonds. The van der Waals surface area contributed by atoms with Gasteiger partial charge in [-0.15, -0.1) is 0 Å². The molecule has 96 valence electrons. The first kappa shape index (κ1) is 12.4. The third-order valence-electron chi connectivity index (χ3n) is 3.73. The van der Waals surface area contributed by atoms with Crippen LogP contribution in [-0.2, 0) is 14.3 Å². The minimum atomic E-state index is -0.433. The fourth-order valence-electron chi connectivity index (χ4n) is 2.76. The fourth-order valence-corrected chi connectivity index (χ4v) is 2.76. The summed E-state index contributed by atoms with van der Waals surface area (Å²) < 4.78 is 5.48. The van der Waals surface area contributed by atoms with Gasteiger partial charge < -0.3 is 15.0 Å². The van der Waals surface area contributed by atoms with Crippen molar-refractivity contribution in [1.82, 2.24) is 10.2 Å². The Morgan fingerprint density at radius 2 is 2.12 bits per heavy atom. The van der Waals surface area contributed by atoms with Gasteiger partial charge in [0.1, 0.15) is 12.1 Å². The number of nitrogens with zero attached hydrogens (tertiary/aromatic N) is 1. The van der Waals surface area contributed by atoms with Crippen molar-refractivity contribution in [3.63, 3.8) is 0 Å². The molecule has 17 heavy (non-hydrogen) atoms. The van der Waals surface area contributed by atoms with Crippen molar-refractivity contribution < 1.29 is 14.3 Å². The Labute approximate surface area is 101 Å². The van der Waals surface area contributed by atoms with E-state index in [2.05, 4.69) is 5.32 Å². The third kappa shape index (κ3) is 2.04. The van der Waals surface area contributed by atoms with Gasteiger partial charge in [-0.3, -0.25) is 9.59 Å². The van der Waals surface area contributed by atoms with Crippen LogP contribution in [0.1, 0.15) is 33.6 Å². The third-order valence-corrected chi connectivity index (χ3v) is 3.73. The molecule has 5 nitrogen and oxygen atoms in total. The molecule has 5 heteroatoms. The van der Waals surface area contributed by atoms with Gasteiger partial charge in [0.15, 0.2) is 0 Å². The number of amides is 2. The molecule has 3 atom stereocenters. The lowest BCUT2D eigenvalue weighted by molar-refractivity contribution is -0.161. The van der Waals surface area contributed by atoms with Crippen molar-refractivity contribution >= 4 is 11.8 Å². The predicted molar refractivity (Wildman–Crippen MR) is 62.4 cm³/mol. The standard InChI is InChI=1S/C12H20N2O3/c1-8-11(16)14(9(2)10(15)13-8)12(3)5-4-6-17-7-12/h8-9H,4-7H2,1-3H3,(H,13,15). The Bertz CT molecular complexity index is 337. The van der Waals surface area contributed by atoms with Crippen molar-refractivity contribution in [3.05, 3.63) is 0 Å². The van der Waals surface area contributed by atoms with E-state index in [-0.39, 0.29) is 17.4 Å². The second-order valence-electron chi connectivity index (χ2n) is 5.27. The number of nitrogens with one attached hydrogen (secondary N) is 1. The van der Waals surface area contributed by atoms with Gasteiger partial charge in [0.05, 0.1) is 12.1 Å². The van der Waals surface area contributed by atoms with Gasteiger partial charge in [0.25, 0.3) is 0 Å². The molecule has 0 aliphatic carbocycles. The number of rotatable bonds is 1. The summed E-state index contributed by atoms with van der Waals surface area (Å²) in [6, 6.07) is -0.845. The molecule has 2 heterocycles. The highest BCUT2D eigenvalue weighted by Crippen LogP contribution is 2.30. The van der Waals surface area contributed by atoms with E-state index in [1.54, 1.807) is 18.7 Å². The van der Waals surface area contributed by atoms with Crippen LogP contribution < -0.4 is 5.32 Å². The molecule has 0 radical (unpaired) electrons. The van der Waals surface area contributed by atoms with E-state index >= 15 is 0 Å². The lowest BCUT2D eigenvalue weighted by Crippen LogP contribution is -2.69. The fraction of sp³-hybridized carbons (Fsp3) is 0.833. The Balaban J connectivity index is 2.26. The van der Waals surface area contributed by atoms with E-state index < -0.39 is 12.1 Å². The highest BCUT2D eigenvalue weighted by Gasteiger charge is 2.46. The summed E-state index contributed by atoms with van der Waals surface area (Å²) in [5.41, 5.74) is -0.346. The second-order valence-corrected chi connectivity index (χ2v) is 5.27. The normalized spacial score (nSPS) is 39.1. The highest BCUT2D eigenvalue weighted by molar-refractivity contribution is 5.96. The van der Waals surface area contributed by atoms with E-state index in [0.29, 0.717) is 6.61 Å². The summed E-state index contributed by atoms with van der Waals surface area (Å²) in [5, 5.41) is 2.69. The van der Waals surface area contributed by atoms with Crippen molar-refractivity contribution in [1.29, 1.82) is 0 Å². The average Bonchev–Trinajstić information content (AvgIpc) is 2.27. The first-order valence-electron chi connectivity index (χ1n) is 6.17. The molecular weight excluding hydrogens is 220 g/mol. The van der Waals surface area contributed by atoms with Crippen LogP contribution >= 0.6 is 0 Å². The molecule has 2 saturated heterocycles. The lowest BCUT2D eigenvalue weighted by Gasteiger charge is -2.49. The average molecular weight is 240 g/mol. The Hall–Kier alpha value is -1.10. The largest absolute Gasteiger partial charge is 0.379 e. The molecule has 1 N–H and O–H groups in total. The number of ether oxygens (including phenoxy) is 1. The van der Waals surface area contributed by atoms with E-state index in [0.717, 1.165) is 19.4 Å². The molecule has 2 aliphatic rings. The molecule has 2 aliphatic heterocycles. The van der Waals surface area contributed by atoms with E-state index in [4.69, 9.17) is 4.74 Å². The summed E-state index contributed by atoms with van der Waals surface area (Å²) in [5.74, 6) is -0.0889. The van der Waals surface area contributed by atoms with Crippen molar-refractivity contribution in [2.45, 2.75) is 51.2 Å². The molecule has 0 aromatic heterocycles. The Morgan fingerprint density at radius 1 is 1.41 bits per heavy atom. The molecule has 2 fully saturated rings. The molecule has 3 unspecified atom stereocenters. The minimum Gasteiger partial charge on any atom is -0.379 e. The van der Waals surface area contributed by atoms with E-state index in [1.807, 2.05) is 6.92 Å². The number of carbonyl (C=O) groups is 2. The second kappa shape index (κ2) is 4.29. The number of hydrogen-bond acceptors (Lipinski definition) is 3. The predicted octanol–water partition coefficient (Wildman–Crippen LogP) is 0.291. The van der Waals surface area contributed by atoms with Gasteiger partial charge in [0, 0.05) is 6.61 Å². The maximum Gasteiger partial charge on any atom is 0.246 e. The van der Waals surface area contributed by atoms with Crippen molar-refractivity contribution in [3.8, 4) is 0 Å². The zero-order valence-corrected chi connectivity index (χ0v) is 10.7. The quantitative estimate of drug-likeness (QED) is 0.716. The molecule has 0 bridgehead atoms.